The van der Waals surface area contributed by atoms with Gasteiger partial charge in [0.25, 0.3) is 0 Å². The molecule has 2 rings (SSSR count). The van der Waals surface area contributed by atoms with Crippen LogP contribution in [0.15, 0.2) is 23.0 Å². The number of benzene rings is 1. The highest BCUT2D eigenvalue weighted by molar-refractivity contribution is 5.75. The molecule has 1 aromatic heterocycles. The van der Waals surface area contributed by atoms with Gasteiger partial charge in [0.1, 0.15) is 0 Å². The van der Waals surface area contributed by atoms with Crippen LogP contribution in [0.5, 0.6) is 0 Å². The van der Waals surface area contributed by atoms with Crippen LogP contribution in [0, 0.1) is 0 Å². The molecule has 2 atom stereocenters. The molecular weight excluding hydrogens is 256 g/mol. The van der Waals surface area contributed by atoms with E-state index in [-0.39, 0.29) is 11.7 Å². The van der Waals surface area contributed by atoms with Gasteiger partial charge in [-0.15, -0.1) is 0 Å². The van der Waals surface area contributed by atoms with Gasteiger partial charge in [-0.2, -0.15) is 0 Å². The number of fused-ring (bicyclic) bond motifs is 1. The fourth-order valence-electron chi connectivity index (χ4n) is 2.24. The van der Waals surface area contributed by atoms with E-state index in [0.29, 0.717) is 13.1 Å². The third kappa shape index (κ3) is 3.69. The van der Waals surface area contributed by atoms with E-state index in [1.807, 2.05) is 44.1 Å². The summed E-state index contributed by atoms with van der Waals surface area (Å²) in [5.41, 5.74) is 2.48. The third-order valence-electron chi connectivity index (χ3n) is 3.28. The number of nitrogens with one attached hydrogen (secondary N) is 3. The molecule has 0 aliphatic rings. The Morgan fingerprint density at radius 3 is 2.70 bits per heavy atom. The number of nitrogens with zero attached hydrogens (tertiary/aromatic N) is 1. The van der Waals surface area contributed by atoms with Crippen LogP contribution in [-0.4, -0.2) is 53.3 Å². The van der Waals surface area contributed by atoms with E-state index in [1.54, 1.807) is 0 Å². The van der Waals surface area contributed by atoms with Gasteiger partial charge in [-0.1, -0.05) is 6.07 Å². The number of aliphatic hydroxyl groups excluding tert-OH is 1. The lowest BCUT2D eigenvalue weighted by atomic mass is 10.1. The van der Waals surface area contributed by atoms with Crippen LogP contribution in [0.3, 0.4) is 0 Å². The molecule has 20 heavy (non-hydrogen) atoms. The predicted octanol–water partition coefficient (Wildman–Crippen LogP) is 0.429. The number of aliphatic hydroxyl groups is 1. The zero-order valence-corrected chi connectivity index (χ0v) is 12.1. The number of rotatable bonds is 6. The smallest absolute Gasteiger partial charge is 0.323 e. The summed E-state index contributed by atoms with van der Waals surface area (Å²) in [5, 5.41) is 13.1. The minimum Gasteiger partial charge on any atom is -0.390 e. The maximum Gasteiger partial charge on any atom is 0.323 e. The summed E-state index contributed by atoms with van der Waals surface area (Å²) in [7, 11) is 3.87. The first kappa shape index (κ1) is 14.8. The quantitative estimate of drug-likeness (QED) is 0.617. The molecule has 6 heteroatoms. The van der Waals surface area contributed by atoms with Crippen molar-refractivity contribution in [1.29, 1.82) is 0 Å². The molecule has 0 saturated carbocycles. The first-order chi connectivity index (χ1) is 9.45. The van der Waals surface area contributed by atoms with Gasteiger partial charge < -0.3 is 25.3 Å². The van der Waals surface area contributed by atoms with Crippen molar-refractivity contribution in [3.63, 3.8) is 0 Å². The Labute approximate surface area is 117 Å². The van der Waals surface area contributed by atoms with Crippen molar-refractivity contribution in [1.82, 2.24) is 20.2 Å². The van der Waals surface area contributed by atoms with Crippen LogP contribution < -0.4 is 11.0 Å². The number of hydrogen-bond donors (Lipinski definition) is 4. The van der Waals surface area contributed by atoms with Crippen molar-refractivity contribution >= 4 is 11.0 Å². The Hall–Kier alpha value is -1.63. The van der Waals surface area contributed by atoms with Gasteiger partial charge in [0.2, 0.25) is 0 Å². The Bertz CT molecular complexity index is 617. The van der Waals surface area contributed by atoms with E-state index in [9.17, 15) is 9.90 Å². The molecule has 0 bridgehead atoms. The van der Waals surface area contributed by atoms with E-state index in [1.165, 1.54) is 0 Å². The number of hydrogen-bond acceptors (Lipinski definition) is 4. The minimum atomic E-state index is -0.400. The Kier molecular flexibility index (Phi) is 4.59. The van der Waals surface area contributed by atoms with Crippen LogP contribution in [0.1, 0.15) is 18.5 Å². The van der Waals surface area contributed by atoms with Crippen LogP contribution >= 0.6 is 0 Å². The molecule has 0 radical (unpaired) electrons. The molecule has 6 nitrogen and oxygen atoms in total. The van der Waals surface area contributed by atoms with Crippen LogP contribution in [0.2, 0.25) is 0 Å². The zero-order valence-electron chi connectivity index (χ0n) is 12.1. The van der Waals surface area contributed by atoms with Gasteiger partial charge in [-0.25, -0.2) is 4.79 Å². The Morgan fingerprint density at radius 2 is 2.00 bits per heavy atom. The highest BCUT2D eigenvalue weighted by atomic mass is 16.3. The first-order valence-corrected chi connectivity index (χ1v) is 6.74. The van der Waals surface area contributed by atoms with Gasteiger partial charge in [-0.05, 0) is 38.7 Å². The summed E-state index contributed by atoms with van der Waals surface area (Å²) >= 11 is 0. The maximum atomic E-state index is 11.2. The molecule has 1 aromatic carbocycles. The van der Waals surface area contributed by atoms with Crippen molar-refractivity contribution in [3.8, 4) is 0 Å². The third-order valence-corrected chi connectivity index (χ3v) is 3.28. The molecule has 1 heterocycles. The lowest BCUT2D eigenvalue weighted by molar-refractivity contribution is 0.132. The molecule has 4 N–H and O–H groups in total. The average Bonchev–Trinajstić information content (AvgIpc) is 2.74. The van der Waals surface area contributed by atoms with Crippen molar-refractivity contribution in [2.75, 3.05) is 27.2 Å². The Morgan fingerprint density at radius 1 is 1.30 bits per heavy atom. The van der Waals surface area contributed by atoms with E-state index in [2.05, 4.69) is 15.3 Å². The second kappa shape index (κ2) is 6.21. The van der Waals surface area contributed by atoms with Gasteiger partial charge in [0, 0.05) is 19.1 Å². The molecule has 0 spiro atoms. The molecule has 110 valence electrons. The first-order valence-electron chi connectivity index (χ1n) is 6.74. The highest BCUT2D eigenvalue weighted by Gasteiger charge is 2.10. The SMILES string of the molecule is CC(NCC(O)CN(C)C)c1ccc2[nH]c(=O)[nH]c2c1. The molecular formula is C14H22N4O2. The summed E-state index contributed by atoms with van der Waals surface area (Å²) in [4.78, 5) is 18.6. The zero-order chi connectivity index (χ0) is 14.7. The summed E-state index contributed by atoms with van der Waals surface area (Å²) in [5.74, 6) is 0. The van der Waals surface area contributed by atoms with Crippen molar-refractivity contribution in [2.45, 2.75) is 19.1 Å². The van der Waals surface area contributed by atoms with Crippen LogP contribution in [0.4, 0.5) is 0 Å². The molecule has 2 unspecified atom stereocenters. The molecule has 0 amide bonds. The van der Waals surface area contributed by atoms with Gasteiger partial charge in [-0.3, -0.25) is 0 Å². The van der Waals surface area contributed by atoms with E-state index >= 15 is 0 Å². The lowest BCUT2D eigenvalue weighted by Gasteiger charge is -2.20. The van der Waals surface area contributed by atoms with E-state index in [0.717, 1.165) is 16.6 Å². The minimum absolute atomic E-state index is 0.106. The standard InChI is InChI=1S/C14H22N4O2/c1-9(15-7-11(19)8-18(2)3)10-4-5-12-13(6-10)17-14(20)16-12/h4-6,9,11,15,19H,7-8H2,1-3H3,(H2,16,17,20). The normalized spacial score (nSPS) is 14.8. The molecule has 0 aliphatic heterocycles. The monoisotopic (exact) mass is 278 g/mol. The lowest BCUT2D eigenvalue weighted by Crippen LogP contribution is -2.36. The Balaban J connectivity index is 2.00. The fourth-order valence-corrected chi connectivity index (χ4v) is 2.24. The topological polar surface area (TPSA) is 84.2 Å². The molecule has 0 fully saturated rings. The fraction of sp³-hybridized carbons (Fsp3) is 0.500. The predicted molar refractivity (Wildman–Crippen MR) is 79.9 cm³/mol. The summed E-state index contributed by atoms with van der Waals surface area (Å²) in [6, 6.07) is 5.91. The summed E-state index contributed by atoms with van der Waals surface area (Å²) < 4.78 is 0. The average molecular weight is 278 g/mol. The number of aromatic amines is 2. The second-order valence-electron chi connectivity index (χ2n) is 5.43. The number of likely N-dealkylation sites (N-methyl/N-ethyl adjacent to an activating group) is 1. The van der Waals surface area contributed by atoms with E-state index < -0.39 is 6.10 Å². The van der Waals surface area contributed by atoms with Gasteiger partial charge in [0.15, 0.2) is 0 Å². The summed E-state index contributed by atoms with van der Waals surface area (Å²) in [6.45, 7) is 3.19. The van der Waals surface area contributed by atoms with Crippen molar-refractivity contribution in [3.05, 3.63) is 34.2 Å². The number of aromatic nitrogens is 2. The molecule has 0 saturated heterocycles. The second-order valence-corrected chi connectivity index (χ2v) is 5.43. The summed E-state index contributed by atoms with van der Waals surface area (Å²) in [6.07, 6.45) is -0.400. The van der Waals surface area contributed by atoms with Crippen LogP contribution in [-0.2, 0) is 0 Å². The number of H-pyrrole nitrogens is 2. The largest absolute Gasteiger partial charge is 0.390 e. The van der Waals surface area contributed by atoms with Crippen LogP contribution in [0.25, 0.3) is 11.0 Å². The van der Waals surface area contributed by atoms with E-state index in [4.69, 9.17) is 0 Å². The van der Waals surface area contributed by atoms with Crippen molar-refractivity contribution < 1.29 is 5.11 Å². The van der Waals surface area contributed by atoms with Crippen molar-refractivity contribution in [2.24, 2.45) is 0 Å². The maximum absolute atomic E-state index is 11.2. The molecule has 2 aromatic rings. The van der Waals surface area contributed by atoms with Gasteiger partial charge >= 0.3 is 5.69 Å². The highest BCUT2D eigenvalue weighted by Crippen LogP contribution is 2.16. The molecule has 0 aliphatic carbocycles. The number of imidazole rings is 1. The van der Waals surface area contributed by atoms with Gasteiger partial charge in [0.05, 0.1) is 17.1 Å².